The number of para-hydroxylation sites is 1. The molecule has 120 heavy (non-hydrogen) atoms. The molecule has 25 nitrogen and oxygen atoms in total. The molecule has 644 valence electrons. The number of benzene rings is 4. The molecule has 22 rings (SSSR count). The van der Waals surface area contributed by atoms with Crippen LogP contribution >= 0.6 is 11.3 Å². The fourth-order valence-electron chi connectivity index (χ4n) is 13.4. The van der Waals surface area contributed by atoms with Gasteiger partial charge in [-0.05, 0) is 114 Å². The van der Waals surface area contributed by atoms with Crippen LogP contribution in [0.3, 0.4) is 0 Å². The molecule has 0 fully saturated rings. The summed E-state index contributed by atoms with van der Waals surface area (Å²) in [6, 6.07) is 33.5. The van der Waals surface area contributed by atoms with Crippen molar-refractivity contribution >= 4 is 53.4 Å². The molecule has 0 amide bonds. The third kappa shape index (κ3) is 21.4. The molecule has 26 heteroatoms. The Morgan fingerprint density at radius 2 is 0.667 bits per heavy atom. The van der Waals surface area contributed by atoms with Crippen molar-refractivity contribution in [1.82, 2.24) is 89.3 Å². The Balaban J connectivity index is 0.000000354. The summed E-state index contributed by atoms with van der Waals surface area (Å²) in [6.45, 7) is 68.9. The van der Waals surface area contributed by atoms with E-state index in [1.165, 1.54) is 53.3 Å². The summed E-state index contributed by atoms with van der Waals surface area (Å²) in [7, 11) is 0. The molecule has 0 spiro atoms. The molecule has 18 heterocycles. The van der Waals surface area contributed by atoms with Crippen molar-refractivity contribution in [3.63, 3.8) is 0 Å². The second-order valence-electron chi connectivity index (χ2n) is 23.0. The molecule has 0 radical (unpaired) electrons. The van der Waals surface area contributed by atoms with E-state index < -0.39 is 0 Å². The van der Waals surface area contributed by atoms with Crippen molar-refractivity contribution in [3.05, 3.63) is 243 Å². The van der Waals surface area contributed by atoms with Gasteiger partial charge in [-0.1, -0.05) is 230 Å². The van der Waals surface area contributed by atoms with Crippen molar-refractivity contribution < 1.29 is 32.5 Å². The maximum Gasteiger partial charge on any atom is 0.227 e. The molecular formula is C94H142N24OS+6. The minimum Gasteiger partial charge on any atom is -0.456 e. The SMILES string of the molecule is CC.CC.CC.CC.CC.CC.CC.CC.CC.CC.CC.CC.CC.CC.CC1c2cc3c(cc2-n2ncc[n+]21)oc1ccccc13.CC1c2cc3c(cc2-n2ncc[n+]21)sc1ccccc13.CC1c2cnccc2-n2ncc[n+]21.CC1c2cncnc2-n2ncc[n+]21.CC1c2ncccc2-n2ncc[n+]21.CC1c2ncncc2-n2ncc[n+]21. The van der Waals surface area contributed by atoms with E-state index >= 15 is 0 Å². The highest BCUT2D eigenvalue weighted by Crippen LogP contribution is 2.40. The molecule has 0 bridgehead atoms. The second kappa shape index (κ2) is 53.6. The highest BCUT2D eigenvalue weighted by Gasteiger charge is 2.38. The van der Waals surface area contributed by atoms with Crippen molar-refractivity contribution in [1.29, 1.82) is 0 Å². The van der Waals surface area contributed by atoms with Gasteiger partial charge in [0.15, 0.2) is 60.6 Å². The number of hydrogen-bond donors (Lipinski definition) is 0. The Kier molecular flexibility index (Phi) is 45.7. The fraction of sp³-hybridized carbons (Fsp3) is 0.426. The fourth-order valence-corrected chi connectivity index (χ4v) is 14.5. The van der Waals surface area contributed by atoms with Crippen LogP contribution in [-0.2, 0) is 0 Å². The van der Waals surface area contributed by atoms with Gasteiger partial charge in [0, 0.05) is 114 Å². The van der Waals surface area contributed by atoms with Crippen LogP contribution in [0.5, 0.6) is 0 Å². The molecule has 0 N–H and O–H groups in total. The van der Waals surface area contributed by atoms with Crippen LogP contribution < -0.4 is 28.1 Å². The summed E-state index contributed by atoms with van der Waals surface area (Å²) < 4.78 is 21.2. The topological polar surface area (TPSA) is 221 Å². The number of fused-ring (bicyclic) bond motifs is 24. The molecule has 6 aliphatic rings. The van der Waals surface area contributed by atoms with Crippen molar-refractivity contribution in [2.24, 2.45) is 0 Å². The molecular weight excluding hydrogens is 1510 g/mol. The van der Waals surface area contributed by atoms with Crippen LogP contribution in [-0.4, -0.2) is 89.3 Å². The lowest BCUT2D eigenvalue weighted by molar-refractivity contribution is -0.775. The summed E-state index contributed by atoms with van der Waals surface area (Å²) in [5.74, 6) is 0.882. The molecule has 6 atom stereocenters. The van der Waals surface area contributed by atoms with Gasteiger partial charge in [-0.3, -0.25) is 9.97 Å². The highest BCUT2D eigenvalue weighted by molar-refractivity contribution is 7.25. The average molecular weight is 1660 g/mol. The lowest BCUT2D eigenvalue weighted by Crippen LogP contribution is -2.40. The zero-order valence-corrected chi connectivity index (χ0v) is 79.5. The lowest BCUT2D eigenvalue weighted by Gasteiger charge is -2.00. The van der Waals surface area contributed by atoms with Crippen LogP contribution in [0.25, 0.3) is 76.4 Å². The number of furan rings is 1. The zero-order chi connectivity index (χ0) is 89.9. The van der Waals surface area contributed by atoms with Gasteiger partial charge in [0.2, 0.25) is 43.0 Å². The standard InChI is InChI=1S/C16H12N3O.C16H12N3S.2C9H9N4.2C8H8N5.14C2H6/c2*1-10-12-8-13-11-4-2-3-5-15(11)20-16(13)9-14(12)19-17-6-7-18(10)19;1-7-8-6-10-3-2-9(8)13-11-4-5-12(7)13;1-7-9-8(3-2-4-10-9)13-11-5-6-12(7)13;1-6-8-7(4-9-5-10-8)13-11-2-3-12(6)13;1-6-7-4-9-5-10-8(7)13-11-2-3-12(6)13;14*1-2/h2*2-10H,1H3;2*2-7H,1H3;2*2-6H,1H3;14*1-2H3/q6*+1;;;;;;;;;;;;;;. The van der Waals surface area contributed by atoms with Crippen molar-refractivity contribution in [2.75, 3.05) is 0 Å². The quantitative estimate of drug-likeness (QED) is 0.129. The van der Waals surface area contributed by atoms with Gasteiger partial charge in [-0.2, -0.15) is 0 Å². The van der Waals surface area contributed by atoms with E-state index in [9.17, 15) is 0 Å². The normalized spacial score (nSPS) is 14.2. The number of nitrogens with zero attached hydrogens (tertiary/aromatic N) is 24. The maximum absolute atomic E-state index is 5.95. The molecule has 6 aliphatic heterocycles. The van der Waals surface area contributed by atoms with Crippen LogP contribution in [0.15, 0.2) is 213 Å². The Morgan fingerprint density at radius 1 is 0.275 bits per heavy atom. The Labute approximate surface area is 719 Å². The number of aromatic nitrogens is 24. The monoisotopic (exact) mass is 1660 g/mol. The predicted molar refractivity (Wildman–Crippen MR) is 491 cm³/mol. The van der Waals surface area contributed by atoms with Gasteiger partial charge < -0.3 is 4.42 Å². The minimum absolute atomic E-state index is 0.250. The molecule has 4 aromatic carbocycles. The van der Waals surface area contributed by atoms with E-state index in [0.717, 1.165) is 56.7 Å². The molecule has 0 saturated heterocycles. The summed E-state index contributed by atoms with van der Waals surface area (Å²) >= 11 is 1.86. The van der Waals surface area contributed by atoms with Crippen molar-refractivity contribution in [3.8, 4) is 34.3 Å². The van der Waals surface area contributed by atoms with E-state index in [2.05, 4.69) is 175 Å². The van der Waals surface area contributed by atoms with Gasteiger partial charge in [0.05, 0.1) is 11.8 Å². The Morgan fingerprint density at radius 3 is 1.20 bits per heavy atom. The number of rotatable bonds is 0. The lowest BCUT2D eigenvalue weighted by atomic mass is 10.0. The van der Waals surface area contributed by atoms with E-state index in [1.807, 2.05) is 343 Å². The summed E-state index contributed by atoms with van der Waals surface area (Å²) in [5.41, 5.74) is 14.5. The summed E-state index contributed by atoms with van der Waals surface area (Å²) in [6.07, 6.45) is 34.9. The summed E-state index contributed by atoms with van der Waals surface area (Å²) in [4.78, 5) is 36.2. The Hall–Kier alpha value is -11.8. The first-order valence-electron chi connectivity index (χ1n) is 44.3. The van der Waals surface area contributed by atoms with Gasteiger partial charge >= 0.3 is 0 Å². The number of pyridine rings is 2. The molecule has 12 aromatic heterocycles. The highest BCUT2D eigenvalue weighted by atomic mass is 32.1. The van der Waals surface area contributed by atoms with Crippen molar-refractivity contribution in [2.45, 2.75) is 272 Å². The second-order valence-corrected chi connectivity index (χ2v) is 24.1. The smallest absolute Gasteiger partial charge is 0.227 e. The Bertz CT molecular complexity index is 5010. The maximum atomic E-state index is 5.95. The summed E-state index contributed by atoms with van der Waals surface area (Å²) in [5, 5.41) is 30.7. The molecule has 0 saturated carbocycles. The average Bonchev–Trinajstić information content (AvgIpc) is 1.58. The van der Waals surface area contributed by atoms with Gasteiger partial charge in [-0.15, -0.1) is 39.4 Å². The number of thiophene rings is 1. The molecule has 16 aromatic rings. The van der Waals surface area contributed by atoms with Crippen LogP contribution in [0.4, 0.5) is 0 Å². The minimum atomic E-state index is 0.250. The van der Waals surface area contributed by atoms with Crippen LogP contribution in [0.1, 0.15) is 305 Å². The molecule has 0 aliphatic carbocycles. The first kappa shape index (κ1) is 102. The first-order chi connectivity index (χ1) is 59.2. The van der Waals surface area contributed by atoms with E-state index in [-0.39, 0.29) is 12.1 Å². The van der Waals surface area contributed by atoms with Gasteiger partial charge in [0.1, 0.15) is 76.4 Å². The van der Waals surface area contributed by atoms with Crippen LogP contribution in [0, 0.1) is 0 Å². The first-order valence-corrected chi connectivity index (χ1v) is 45.1. The predicted octanol–water partition coefficient (Wildman–Crippen LogP) is 21.5. The van der Waals surface area contributed by atoms with Gasteiger partial charge in [0.25, 0.3) is 0 Å². The largest absolute Gasteiger partial charge is 0.456 e. The van der Waals surface area contributed by atoms with Crippen LogP contribution in [0.2, 0.25) is 0 Å². The third-order valence-corrected chi connectivity index (χ3v) is 19.2. The van der Waals surface area contributed by atoms with E-state index in [1.54, 1.807) is 54.6 Å². The van der Waals surface area contributed by atoms with E-state index in [4.69, 9.17) is 4.42 Å². The zero-order valence-electron chi connectivity index (χ0n) is 78.6. The number of hydrogen-bond acceptors (Lipinski definition) is 14. The molecule has 6 unspecified atom stereocenters. The van der Waals surface area contributed by atoms with Gasteiger partial charge in [-0.25, -0.2) is 19.9 Å². The van der Waals surface area contributed by atoms with E-state index in [0.29, 0.717) is 24.2 Å². The third-order valence-electron chi connectivity index (χ3n) is 18.1.